The van der Waals surface area contributed by atoms with Crippen LogP contribution in [0.4, 0.5) is 11.5 Å². The molecule has 0 radical (unpaired) electrons. The Morgan fingerprint density at radius 2 is 1.68 bits per heavy atom. The van der Waals surface area contributed by atoms with Crippen LogP contribution in [-0.2, 0) is 5.41 Å². The van der Waals surface area contributed by atoms with Crippen molar-refractivity contribution in [1.82, 2.24) is 14.9 Å². The second kappa shape index (κ2) is 7.21. The molecule has 0 atom stereocenters. The van der Waals surface area contributed by atoms with E-state index in [4.69, 9.17) is 0 Å². The van der Waals surface area contributed by atoms with Crippen LogP contribution in [-0.4, -0.2) is 33.9 Å². The van der Waals surface area contributed by atoms with Crippen LogP contribution >= 0.6 is 0 Å². The molecule has 0 bridgehead atoms. The summed E-state index contributed by atoms with van der Waals surface area (Å²) in [7, 11) is 0. The van der Waals surface area contributed by atoms with Crippen molar-refractivity contribution in [2.24, 2.45) is 0 Å². The number of hydrogen-bond donors (Lipinski definition) is 1. The minimum absolute atomic E-state index is 0.0201. The zero-order valence-electron chi connectivity index (χ0n) is 15.2. The molecule has 1 aromatic heterocycles. The molecule has 0 unspecified atom stereocenters. The number of anilines is 2. The number of carbonyl (C=O) groups excluding carboxylic acids is 1. The number of benzene rings is 1. The van der Waals surface area contributed by atoms with Crippen LogP contribution in [0.15, 0.2) is 36.7 Å². The van der Waals surface area contributed by atoms with Crippen LogP contribution in [0.25, 0.3) is 0 Å². The molecular formula is C20H26N4O. The lowest BCUT2D eigenvalue weighted by Gasteiger charge is -2.26. The summed E-state index contributed by atoms with van der Waals surface area (Å²) in [6.07, 6.45) is 6.52. The van der Waals surface area contributed by atoms with Crippen molar-refractivity contribution < 1.29 is 4.79 Å². The van der Waals surface area contributed by atoms with E-state index in [9.17, 15) is 4.79 Å². The van der Waals surface area contributed by atoms with Crippen molar-refractivity contribution >= 4 is 17.4 Å². The van der Waals surface area contributed by atoms with E-state index >= 15 is 0 Å². The summed E-state index contributed by atoms with van der Waals surface area (Å²) in [5.74, 6) is 0.618. The molecule has 1 aromatic carbocycles. The van der Waals surface area contributed by atoms with Gasteiger partial charge in [-0.15, -0.1) is 0 Å². The molecule has 1 amide bonds. The summed E-state index contributed by atoms with van der Waals surface area (Å²) in [5, 5.41) is 3.23. The van der Waals surface area contributed by atoms with E-state index in [1.54, 1.807) is 12.4 Å². The Bertz CT molecular complexity index is 711. The fourth-order valence-electron chi connectivity index (χ4n) is 2.96. The van der Waals surface area contributed by atoms with E-state index in [1.165, 1.54) is 12.0 Å². The Morgan fingerprint density at radius 3 is 2.24 bits per heavy atom. The second-order valence-corrected chi connectivity index (χ2v) is 7.59. The zero-order chi connectivity index (χ0) is 17.9. The lowest BCUT2D eigenvalue weighted by atomic mass is 9.87. The standard InChI is InChI=1S/C20H26N4O/c1-20(2,3)15-7-9-16(10-8-15)23-18-14-21-17(13-22-18)19(25)24-11-5-4-6-12-24/h7-10,13-14H,4-6,11-12H2,1-3H3,(H,22,23). The summed E-state index contributed by atoms with van der Waals surface area (Å²) in [6.45, 7) is 8.22. The lowest BCUT2D eigenvalue weighted by Crippen LogP contribution is -2.36. The van der Waals surface area contributed by atoms with Gasteiger partial charge in [0.25, 0.3) is 5.91 Å². The number of nitrogens with zero attached hydrogens (tertiary/aromatic N) is 3. The van der Waals surface area contributed by atoms with Gasteiger partial charge in [-0.3, -0.25) is 4.79 Å². The number of aromatic nitrogens is 2. The van der Waals surface area contributed by atoms with Crippen LogP contribution in [0, 0.1) is 0 Å². The van der Waals surface area contributed by atoms with Gasteiger partial charge in [-0.1, -0.05) is 32.9 Å². The van der Waals surface area contributed by atoms with Crippen molar-refractivity contribution in [1.29, 1.82) is 0 Å². The summed E-state index contributed by atoms with van der Waals surface area (Å²) < 4.78 is 0. The average Bonchev–Trinajstić information content (AvgIpc) is 2.62. The van der Waals surface area contributed by atoms with Gasteiger partial charge >= 0.3 is 0 Å². The first kappa shape index (κ1) is 17.4. The summed E-state index contributed by atoms with van der Waals surface area (Å²) >= 11 is 0. The highest BCUT2D eigenvalue weighted by Crippen LogP contribution is 2.24. The van der Waals surface area contributed by atoms with E-state index < -0.39 is 0 Å². The molecule has 5 nitrogen and oxygen atoms in total. The number of carbonyl (C=O) groups is 1. The van der Waals surface area contributed by atoms with Gasteiger partial charge in [0.2, 0.25) is 0 Å². The third kappa shape index (κ3) is 4.35. The van der Waals surface area contributed by atoms with E-state index in [0.717, 1.165) is 31.6 Å². The molecule has 2 heterocycles. The maximum atomic E-state index is 12.4. The number of rotatable bonds is 3. The van der Waals surface area contributed by atoms with E-state index in [0.29, 0.717) is 11.5 Å². The Balaban J connectivity index is 1.65. The first-order chi connectivity index (χ1) is 11.9. The Labute approximate surface area is 149 Å². The normalized spacial score (nSPS) is 15.1. The minimum Gasteiger partial charge on any atom is -0.339 e. The Morgan fingerprint density at radius 1 is 1.00 bits per heavy atom. The number of amides is 1. The van der Waals surface area contributed by atoms with Gasteiger partial charge < -0.3 is 10.2 Å². The Hall–Kier alpha value is -2.43. The fourth-order valence-corrected chi connectivity index (χ4v) is 2.96. The van der Waals surface area contributed by atoms with Crippen LogP contribution in [0.2, 0.25) is 0 Å². The van der Waals surface area contributed by atoms with E-state index in [-0.39, 0.29) is 11.3 Å². The smallest absolute Gasteiger partial charge is 0.274 e. The van der Waals surface area contributed by atoms with Crippen molar-refractivity contribution in [2.75, 3.05) is 18.4 Å². The largest absolute Gasteiger partial charge is 0.339 e. The second-order valence-electron chi connectivity index (χ2n) is 7.59. The average molecular weight is 338 g/mol. The summed E-state index contributed by atoms with van der Waals surface area (Å²) in [4.78, 5) is 22.9. The summed E-state index contributed by atoms with van der Waals surface area (Å²) in [5.41, 5.74) is 2.79. The molecule has 0 aliphatic carbocycles. The molecule has 3 rings (SSSR count). The molecule has 5 heteroatoms. The third-order valence-electron chi connectivity index (χ3n) is 4.54. The first-order valence-electron chi connectivity index (χ1n) is 8.92. The minimum atomic E-state index is -0.0201. The van der Waals surface area contributed by atoms with Gasteiger partial charge in [0.1, 0.15) is 11.5 Å². The van der Waals surface area contributed by atoms with Crippen LogP contribution in [0.5, 0.6) is 0 Å². The SMILES string of the molecule is CC(C)(C)c1ccc(Nc2cnc(C(=O)N3CCCCC3)cn2)cc1. The molecule has 1 fully saturated rings. The van der Waals surface area contributed by atoms with Crippen molar-refractivity contribution in [2.45, 2.75) is 45.4 Å². The van der Waals surface area contributed by atoms with E-state index in [2.05, 4.69) is 48.2 Å². The topological polar surface area (TPSA) is 58.1 Å². The number of piperidine rings is 1. The maximum Gasteiger partial charge on any atom is 0.274 e. The molecule has 2 aromatic rings. The first-order valence-corrected chi connectivity index (χ1v) is 8.92. The van der Waals surface area contributed by atoms with Gasteiger partial charge in [0, 0.05) is 18.8 Å². The van der Waals surface area contributed by atoms with E-state index in [1.807, 2.05) is 17.0 Å². The molecular weight excluding hydrogens is 312 g/mol. The zero-order valence-corrected chi connectivity index (χ0v) is 15.2. The monoisotopic (exact) mass is 338 g/mol. The molecule has 25 heavy (non-hydrogen) atoms. The molecule has 1 saturated heterocycles. The van der Waals surface area contributed by atoms with Crippen LogP contribution in [0.3, 0.4) is 0 Å². The molecule has 132 valence electrons. The van der Waals surface area contributed by atoms with Crippen molar-refractivity contribution in [3.63, 3.8) is 0 Å². The maximum absolute atomic E-state index is 12.4. The van der Waals surface area contributed by atoms with Gasteiger partial charge in [-0.05, 0) is 42.4 Å². The van der Waals surface area contributed by atoms with Gasteiger partial charge in [-0.25, -0.2) is 9.97 Å². The molecule has 1 aliphatic heterocycles. The molecule has 0 spiro atoms. The van der Waals surface area contributed by atoms with Crippen molar-refractivity contribution in [3.05, 3.63) is 47.9 Å². The fraction of sp³-hybridized carbons (Fsp3) is 0.450. The van der Waals surface area contributed by atoms with Gasteiger partial charge in [-0.2, -0.15) is 0 Å². The highest BCUT2D eigenvalue weighted by Gasteiger charge is 2.19. The molecule has 1 aliphatic rings. The van der Waals surface area contributed by atoms with Crippen LogP contribution < -0.4 is 5.32 Å². The number of hydrogen-bond acceptors (Lipinski definition) is 4. The van der Waals surface area contributed by atoms with Crippen molar-refractivity contribution in [3.8, 4) is 0 Å². The predicted molar refractivity (Wildman–Crippen MR) is 100 cm³/mol. The van der Waals surface area contributed by atoms with Gasteiger partial charge in [0.05, 0.1) is 12.4 Å². The highest BCUT2D eigenvalue weighted by atomic mass is 16.2. The molecule has 0 saturated carbocycles. The highest BCUT2D eigenvalue weighted by molar-refractivity contribution is 5.92. The third-order valence-corrected chi connectivity index (χ3v) is 4.54. The number of likely N-dealkylation sites (tertiary alicyclic amines) is 1. The quantitative estimate of drug-likeness (QED) is 0.913. The number of nitrogens with one attached hydrogen (secondary N) is 1. The molecule has 1 N–H and O–H groups in total. The predicted octanol–water partition coefficient (Wildman–Crippen LogP) is 4.14. The lowest BCUT2D eigenvalue weighted by molar-refractivity contribution is 0.0718. The van der Waals surface area contributed by atoms with Crippen LogP contribution in [0.1, 0.15) is 56.1 Å². The van der Waals surface area contributed by atoms with Gasteiger partial charge in [0.15, 0.2) is 0 Å². The summed E-state index contributed by atoms with van der Waals surface area (Å²) in [6, 6.07) is 8.30. The Kier molecular flexibility index (Phi) is 5.02.